The smallest absolute Gasteiger partial charge is 0.0743 e. The molecule has 0 amide bonds. The van der Waals surface area contributed by atoms with Crippen LogP contribution in [0.1, 0.15) is 66.7 Å². The van der Waals surface area contributed by atoms with E-state index in [-0.39, 0.29) is 13.5 Å². The molecule has 0 aliphatic rings. The highest BCUT2D eigenvalue weighted by atomic mass is 32.1. The second-order valence-electron chi connectivity index (χ2n) is 5.52. The Morgan fingerprint density at radius 3 is 1.75 bits per heavy atom. The predicted octanol–water partition coefficient (Wildman–Crippen LogP) is 5.62. The molecule has 0 aromatic carbocycles. The van der Waals surface area contributed by atoms with Gasteiger partial charge in [-0.3, -0.25) is 0 Å². The molecule has 144 valence electrons. The number of unbranched alkanes of at least 4 members (excludes halogenated alkanes) is 1. The highest BCUT2D eigenvalue weighted by molar-refractivity contribution is 7.89. The lowest BCUT2D eigenvalue weighted by Gasteiger charge is -2.24. The molecule has 0 saturated carbocycles. The Kier molecular flexibility index (Phi) is 23.2. The van der Waals surface area contributed by atoms with Crippen LogP contribution in [0.25, 0.3) is 0 Å². The van der Waals surface area contributed by atoms with Gasteiger partial charge in [0.1, 0.15) is 0 Å². The molecule has 0 saturated heterocycles. The lowest BCUT2D eigenvalue weighted by atomic mass is 10.2. The fraction of sp³-hybridized carbons (Fsp3) is 0.789. The molecule has 0 heterocycles. The van der Waals surface area contributed by atoms with E-state index in [1.165, 1.54) is 45.3 Å². The summed E-state index contributed by atoms with van der Waals surface area (Å²) >= 11 is 10.6. The highest BCUT2D eigenvalue weighted by Gasteiger charge is 2.11. The summed E-state index contributed by atoms with van der Waals surface area (Å²) < 4.78 is 0. The van der Waals surface area contributed by atoms with Gasteiger partial charge < -0.3 is 9.80 Å². The van der Waals surface area contributed by atoms with Crippen LogP contribution in [0.2, 0.25) is 0 Å². The first kappa shape index (κ1) is 28.8. The number of allylic oxidation sites excluding steroid dienone is 1. The van der Waals surface area contributed by atoms with Crippen molar-refractivity contribution in [3.05, 3.63) is 12.3 Å². The summed E-state index contributed by atoms with van der Waals surface area (Å²) in [6, 6.07) is 0. The van der Waals surface area contributed by atoms with Crippen molar-refractivity contribution >= 4 is 47.7 Å². The zero-order valence-corrected chi connectivity index (χ0v) is 19.4. The third-order valence-electron chi connectivity index (χ3n) is 3.59. The van der Waals surface area contributed by atoms with E-state index in [2.05, 4.69) is 37.3 Å². The second-order valence-corrected chi connectivity index (χ2v) is 6.42. The molecule has 5 heteroatoms. The first-order valence-corrected chi connectivity index (χ1v) is 9.99. The first-order chi connectivity index (χ1) is 11.0. The molecule has 0 N–H and O–H groups in total. The summed E-state index contributed by atoms with van der Waals surface area (Å²) in [4.78, 5) is 6.31. The summed E-state index contributed by atoms with van der Waals surface area (Å²) in [5.41, 5.74) is 0.899. The molecule has 0 unspecified atom stereocenters. The van der Waals surface area contributed by atoms with Crippen molar-refractivity contribution < 1.29 is 0 Å². The van der Waals surface area contributed by atoms with Gasteiger partial charge in [-0.15, -0.1) is 0 Å². The Labute approximate surface area is 169 Å². The third kappa shape index (κ3) is 13.3. The van der Waals surface area contributed by atoms with Gasteiger partial charge in [-0.05, 0) is 51.7 Å². The lowest BCUT2D eigenvalue weighted by molar-refractivity contribution is 0.264. The van der Waals surface area contributed by atoms with Crippen LogP contribution in [-0.2, 0) is 0 Å². The van der Waals surface area contributed by atoms with E-state index in [0.29, 0.717) is 0 Å². The zero-order valence-electron chi connectivity index (χ0n) is 16.8. The Morgan fingerprint density at radius 2 is 1.33 bits per heavy atom. The SMILES string of the molecule is C=C(C(=S)C(=S)CC)N(C)CCCCN(CCC)CCC.CC.S. The van der Waals surface area contributed by atoms with E-state index in [9.17, 15) is 0 Å². The Morgan fingerprint density at radius 1 is 0.875 bits per heavy atom. The molecule has 0 radical (unpaired) electrons. The van der Waals surface area contributed by atoms with Gasteiger partial charge in [0.15, 0.2) is 0 Å². The fourth-order valence-corrected chi connectivity index (χ4v) is 2.70. The number of hydrogen-bond acceptors (Lipinski definition) is 4. The van der Waals surface area contributed by atoms with Gasteiger partial charge in [0.05, 0.1) is 4.86 Å². The summed E-state index contributed by atoms with van der Waals surface area (Å²) in [6.07, 6.45) is 5.69. The number of nitrogens with zero attached hydrogens (tertiary/aromatic N) is 2. The quantitative estimate of drug-likeness (QED) is 0.228. The largest absolute Gasteiger partial charge is 0.374 e. The van der Waals surface area contributed by atoms with Gasteiger partial charge in [-0.25, -0.2) is 0 Å². The maximum Gasteiger partial charge on any atom is 0.0743 e. The molecular formula is C19H40N2S3. The lowest BCUT2D eigenvalue weighted by Crippen LogP contribution is -2.29. The standard InChI is InChI=1S/C17H32N2S2.C2H6.H2S/c1-6-11-19(12-7-2)14-10-9-13-18(5)15(4)17(21)16(20)8-3;1-2;/h4,6-14H2,1-3,5H3;1-2H3;1H2. The average Bonchev–Trinajstić information content (AvgIpc) is 2.58. The van der Waals surface area contributed by atoms with Gasteiger partial charge in [-0.2, -0.15) is 13.5 Å². The number of thiocarbonyl (C=S) groups is 2. The van der Waals surface area contributed by atoms with Crippen LogP contribution in [-0.4, -0.2) is 52.8 Å². The summed E-state index contributed by atoms with van der Waals surface area (Å²) in [6.45, 7) is 19.2. The van der Waals surface area contributed by atoms with E-state index in [4.69, 9.17) is 24.4 Å². The molecule has 0 bridgehead atoms. The van der Waals surface area contributed by atoms with Crippen molar-refractivity contribution in [3.8, 4) is 0 Å². The van der Waals surface area contributed by atoms with Crippen LogP contribution < -0.4 is 0 Å². The van der Waals surface area contributed by atoms with Gasteiger partial charge >= 0.3 is 0 Å². The highest BCUT2D eigenvalue weighted by Crippen LogP contribution is 2.08. The van der Waals surface area contributed by atoms with Crippen molar-refractivity contribution in [2.24, 2.45) is 0 Å². The molecule has 0 atom stereocenters. The first-order valence-electron chi connectivity index (χ1n) is 9.17. The maximum atomic E-state index is 5.37. The number of hydrogen-bond donors (Lipinski definition) is 0. The van der Waals surface area contributed by atoms with Crippen LogP contribution in [0.4, 0.5) is 0 Å². The van der Waals surface area contributed by atoms with Crippen molar-refractivity contribution in [3.63, 3.8) is 0 Å². The van der Waals surface area contributed by atoms with Gasteiger partial charge in [0.25, 0.3) is 0 Å². The van der Waals surface area contributed by atoms with E-state index < -0.39 is 0 Å². The molecule has 24 heavy (non-hydrogen) atoms. The number of rotatable bonds is 13. The van der Waals surface area contributed by atoms with Crippen LogP contribution in [0.15, 0.2) is 12.3 Å². The molecule has 0 fully saturated rings. The van der Waals surface area contributed by atoms with E-state index >= 15 is 0 Å². The maximum absolute atomic E-state index is 5.37. The second kappa shape index (κ2) is 19.4. The van der Waals surface area contributed by atoms with Crippen LogP contribution in [0.5, 0.6) is 0 Å². The molecule has 0 aliphatic carbocycles. The molecule has 0 spiro atoms. The van der Waals surface area contributed by atoms with Crippen LogP contribution in [0, 0.1) is 0 Å². The summed E-state index contributed by atoms with van der Waals surface area (Å²) in [5, 5.41) is 0. The van der Waals surface area contributed by atoms with Crippen molar-refractivity contribution in [1.82, 2.24) is 9.80 Å². The average molecular weight is 393 g/mol. The monoisotopic (exact) mass is 392 g/mol. The minimum Gasteiger partial charge on any atom is -0.374 e. The molecule has 0 aromatic heterocycles. The molecule has 0 aliphatic heterocycles. The van der Waals surface area contributed by atoms with Crippen molar-refractivity contribution in [1.29, 1.82) is 0 Å². The van der Waals surface area contributed by atoms with Crippen molar-refractivity contribution in [2.45, 2.75) is 66.7 Å². The van der Waals surface area contributed by atoms with E-state index in [0.717, 1.165) is 28.4 Å². The molecular weight excluding hydrogens is 352 g/mol. The Hall–Kier alpha value is 0.0300. The van der Waals surface area contributed by atoms with Crippen LogP contribution in [0.3, 0.4) is 0 Å². The molecule has 0 aromatic rings. The third-order valence-corrected chi connectivity index (χ3v) is 4.70. The predicted molar refractivity (Wildman–Crippen MR) is 125 cm³/mol. The van der Waals surface area contributed by atoms with Gasteiger partial charge in [0.2, 0.25) is 0 Å². The van der Waals surface area contributed by atoms with Gasteiger partial charge in [0, 0.05) is 24.2 Å². The summed E-state index contributed by atoms with van der Waals surface area (Å²) in [7, 11) is 2.06. The minimum absolute atomic E-state index is 0. The topological polar surface area (TPSA) is 6.48 Å². The van der Waals surface area contributed by atoms with Gasteiger partial charge in [-0.1, -0.05) is 65.6 Å². The Bertz CT molecular complexity index is 338. The molecule has 0 rings (SSSR count). The fourth-order valence-electron chi connectivity index (χ4n) is 2.28. The van der Waals surface area contributed by atoms with Crippen molar-refractivity contribution in [2.75, 3.05) is 33.2 Å². The zero-order chi connectivity index (χ0) is 18.3. The Balaban J connectivity index is -0.00000141. The normalized spacial score (nSPS) is 9.62. The summed E-state index contributed by atoms with van der Waals surface area (Å²) in [5.74, 6) is 0. The molecule has 2 nitrogen and oxygen atoms in total. The minimum atomic E-state index is 0. The van der Waals surface area contributed by atoms with E-state index in [1.807, 2.05) is 20.8 Å². The van der Waals surface area contributed by atoms with Crippen LogP contribution >= 0.6 is 37.9 Å². The van der Waals surface area contributed by atoms with E-state index in [1.54, 1.807) is 0 Å².